The molecular formula is C21H26N4O. The molecule has 1 aromatic heterocycles. The number of hydrogen-bond acceptors (Lipinski definition) is 4. The predicted octanol–water partition coefficient (Wildman–Crippen LogP) is 2.91. The van der Waals surface area contributed by atoms with Gasteiger partial charge in [0.1, 0.15) is 5.69 Å². The lowest BCUT2D eigenvalue weighted by Gasteiger charge is -2.48. The van der Waals surface area contributed by atoms with Gasteiger partial charge in [-0.25, -0.2) is 0 Å². The molecule has 3 aliphatic heterocycles. The summed E-state index contributed by atoms with van der Waals surface area (Å²) in [5.74, 6) is -0.0734. The predicted molar refractivity (Wildman–Crippen MR) is 103 cm³/mol. The van der Waals surface area contributed by atoms with Crippen molar-refractivity contribution >= 4 is 11.6 Å². The molecule has 2 bridgehead atoms. The molecule has 4 heterocycles. The summed E-state index contributed by atoms with van der Waals surface area (Å²) in [5, 5.41) is 6.50. The number of pyridine rings is 1. The van der Waals surface area contributed by atoms with Gasteiger partial charge in [0.15, 0.2) is 0 Å². The van der Waals surface area contributed by atoms with Gasteiger partial charge in [-0.15, -0.1) is 0 Å². The molecule has 0 radical (unpaired) electrons. The normalized spacial score (nSPS) is 24.2. The summed E-state index contributed by atoms with van der Waals surface area (Å²) in [5.41, 5.74) is 2.90. The maximum atomic E-state index is 12.6. The molecule has 0 aliphatic carbocycles. The lowest BCUT2D eigenvalue weighted by Crippen LogP contribution is -2.52. The summed E-state index contributed by atoms with van der Waals surface area (Å²) < 4.78 is 0. The van der Waals surface area contributed by atoms with Crippen LogP contribution in [0.5, 0.6) is 0 Å². The number of piperidine rings is 3. The van der Waals surface area contributed by atoms with Gasteiger partial charge in [-0.1, -0.05) is 30.3 Å². The van der Waals surface area contributed by atoms with E-state index in [1.165, 1.54) is 44.5 Å². The number of rotatable bonds is 6. The van der Waals surface area contributed by atoms with Crippen LogP contribution in [0, 0.1) is 5.41 Å². The zero-order chi connectivity index (χ0) is 17.8. The standard InChI is InChI=1S/C21H26N4O/c26-20(24-16-21-7-11-25(12-8-21)13-9-21)19-14-18(6-10-22-19)23-15-17-4-2-1-3-5-17/h1-6,10,14H,7-9,11-13,15-16H2,(H,22,23)(H,24,26). The van der Waals surface area contributed by atoms with Crippen LogP contribution < -0.4 is 10.6 Å². The van der Waals surface area contributed by atoms with E-state index in [2.05, 4.69) is 32.7 Å². The summed E-state index contributed by atoms with van der Waals surface area (Å²) in [6, 6.07) is 13.9. The van der Waals surface area contributed by atoms with E-state index in [9.17, 15) is 4.79 Å². The van der Waals surface area contributed by atoms with Crippen LogP contribution in [0.15, 0.2) is 48.7 Å². The Kier molecular flexibility index (Phi) is 4.89. The number of aromatic nitrogens is 1. The van der Waals surface area contributed by atoms with Crippen LogP contribution in [0.25, 0.3) is 0 Å². The molecule has 5 heteroatoms. The number of anilines is 1. The van der Waals surface area contributed by atoms with E-state index in [0.29, 0.717) is 11.1 Å². The highest BCUT2D eigenvalue weighted by atomic mass is 16.1. The van der Waals surface area contributed by atoms with E-state index in [0.717, 1.165) is 18.8 Å². The minimum absolute atomic E-state index is 0.0734. The summed E-state index contributed by atoms with van der Waals surface area (Å²) in [6.45, 7) is 5.02. The molecule has 3 aliphatic rings. The van der Waals surface area contributed by atoms with Crippen molar-refractivity contribution < 1.29 is 4.79 Å². The number of carbonyl (C=O) groups excluding carboxylic acids is 1. The maximum absolute atomic E-state index is 12.6. The molecule has 3 saturated heterocycles. The highest BCUT2D eigenvalue weighted by Crippen LogP contribution is 2.39. The minimum atomic E-state index is -0.0734. The SMILES string of the molecule is O=C(NCC12CCN(CC1)CC2)c1cc(NCc2ccccc2)ccn1. The number of nitrogens with one attached hydrogen (secondary N) is 2. The van der Waals surface area contributed by atoms with Gasteiger partial charge in [0.25, 0.3) is 5.91 Å². The van der Waals surface area contributed by atoms with E-state index in [1.54, 1.807) is 6.20 Å². The Hall–Kier alpha value is -2.40. The molecule has 0 unspecified atom stereocenters. The molecule has 26 heavy (non-hydrogen) atoms. The fourth-order valence-corrected chi connectivity index (χ4v) is 3.98. The van der Waals surface area contributed by atoms with Crippen LogP contribution in [-0.2, 0) is 6.54 Å². The van der Waals surface area contributed by atoms with Gasteiger partial charge in [-0.3, -0.25) is 9.78 Å². The molecule has 5 rings (SSSR count). The number of benzene rings is 1. The molecule has 0 atom stereocenters. The van der Waals surface area contributed by atoms with Crippen LogP contribution in [0.1, 0.15) is 35.3 Å². The summed E-state index contributed by atoms with van der Waals surface area (Å²) in [6.07, 6.45) is 5.28. The summed E-state index contributed by atoms with van der Waals surface area (Å²) in [7, 11) is 0. The van der Waals surface area contributed by atoms with Crippen LogP contribution in [0.4, 0.5) is 5.69 Å². The maximum Gasteiger partial charge on any atom is 0.269 e. The van der Waals surface area contributed by atoms with Crippen molar-refractivity contribution in [2.75, 3.05) is 31.5 Å². The number of hydrogen-bond donors (Lipinski definition) is 2. The average molecular weight is 350 g/mol. The molecule has 5 nitrogen and oxygen atoms in total. The number of amides is 1. The lowest BCUT2D eigenvalue weighted by atomic mass is 9.72. The molecule has 0 spiro atoms. The van der Waals surface area contributed by atoms with Gasteiger partial charge in [0.05, 0.1) is 0 Å². The third-order valence-electron chi connectivity index (χ3n) is 5.83. The average Bonchev–Trinajstić information content (AvgIpc) is 2.73. The fourth-order valence-electron chi connectivity index (χ4n) is 3.98. The van der Waals surface area contributed by atoms with E-state index < -0.39 is 0 Å². The zero-order valence-corrected chi connectivity index (χ0v) is 15.1. The van der Waals surface area contributed by atoms with E-state index in [1.807, 2.05) is 30.3 Å². The first-order chi connectivity index (χ1) is 12.7. The van der Waals surface area contributed by atoms with Gasteiger partial charge >= 0.3 is 0 Å². The Morgan fingerprint density at radius 1 is 1.08 bits per heavy atom. The minimum Gasteiger partial charge on any atom is -0.381 e. The Bertz CT molecular complexity index is 740. The second-order valence-corrected chi connectivity index (χ2v) is 7.54. The Morgan fingerprint density at radius 2 is 1.81 bits per heavy atom. The van der Waals surface area contributed by atoms with Gasteiger partial charge < -0.3 is 15.5 Å². The quantitative estimate of drug-likeness (QED) is 0.841. The largest absolute Gasteiger partial charge is 0.381 e. The lowest BCUT2D eigenvalue weighted by molar-refractivity contribution is 0.0261. The number of fused-ring (bicyclic) bond motifs is 3. The number of carbonyl (C=O) groups is 1. The van der Waals surface area contributed by atoms with Crippen molar-refractivity contribution in [2.45, 2.75) is 25.8 Å². The fraction of sp³-hybridized carbons (Fsp3) is 0.429. The van der Waals surface area contributed by atoms with E-state index in [4.69, 9.17) is 0 Å². The molecule has 3 fully saturated rings. The second-order valence-electron chi connectivity index (χ2n) is 7.54. The van der Waals surface area contributed by atoms with Crippen LogP contribution in [-0.4, -0.2) is 42.0 Å². The monoisotopic (exact) mass is 350 g/mol. The van der Waals surface area contributed by atoms with Crippen molar-refractivity contribution in [3.8, 4) is 0 Å². The van der Waals surface area contributed by atoms with Crippen molar-refractivity contribution in [1.82, 2.24) is 15.2 Å². The highest BCUT2D eigenvalue weighted by molar-refractivity contribution is 5.93. The molecular weight excluding hydrogens is 324 g/mol. The van der Waals surface area contributed by atoms with E-state index in [-0.39, 0.29) is 5.91 Å². The highest BCUT2D eigenvalue weighted by Gasteiger charge is 2.39. The molecule has 2 N–H and O–H groups in total. The molecule has 0 saturated carbocycles. The Labute approximate surface area is 154 Å². The van der Waals surface area contributed by atoms with Crippen molar-refractivity contribution in [2.24, 2.45) is 5.41 Å². The first-order valence-corrected chi connectivity index (χ1v) is 9.47. The Balaban J connectivity index is 1.34. The third-order valence-corrected chi connectivity index (χ3v) is 5.83. The molecule has 2 aromatic rings. The third kappa shape index (κ3) is 3.88. The summed E-state index contributed by atoms with van der Waals surface area (Å²) >= 11 is 0. The van der Waals surface area contributed by atoms with Crippen LogP contribution in [0.3, 0.4) is 0 Å². The zero-order valence-electron chi connectivity index (χ0n) is 15.1. The van der Waals surface area contributed by atoms with Crippen molar-refractivity contribution in [3.63, 3.8) is 0 Å². The van der Waals surface area contributed by atoms with Gasteiger partial charge in [-0.2, -0.15) is 0 Å². The molecule has 1 aromatic carbocycles. The van der Waals surface area contributed by atoms with Crippen LogP contribution in [0.2, 0.25) is 0 Å². The van der Waals surface area contributed by atoms with Gasteiger partial charge in [-0.05, 0) is 62.0 Å². The second kappa shape index (κ2) is 7.46. The van der Waals surface area contributed by atoms with Gasteiger partial charge in [0.2, 0.25) is 0 Å². The van der Waals surface area contributed by atoms with Crippen molar-refractivity contribution in [1.29, 1.82) is 0 Å². The topological polar surface area (TPSA) is 57.3 Å². The number of nitrogens with zero attached hydrogens (tertiary/aromatic N) is 2. The van der Waals surface area contributed by atoms with E-state index >= 15 is 0 Å². The first-order valence-electron chi connectivity index (χ1n) is 9.47. The smallest absolute Gasteiger partial charge is 0.269 e. The first kappa shape index (κ1) is 17.0. The summed E-state index contributed by atoms with van der Waals surface area (Å²) in [4.78, 5) is 19.3. The Morgan fingerprint density at radius 3 is 2.54 bits per heavy atom. The molecule has 136 valence electrons. The molecule has 1 amide bonds. The van der Waals surface area contributed by atoms with Crippen LogP contribution >= 0.6 is 0 Å². The van der Waals surface area contributed by atoms with Gasteiger partial charge in [0, 0.05) is 25.0 Å². The van der Waals surface area contributed by atoms with Crippen molar-refractivity contribution in [3.05, 3.63) is 59.9 Å².